The van der Waals surface area contributed by atoms with Crippen LogP contribution in [0, 0.1) is 0 Å². The molecule has 0 aliphatic rings. The Morgan fingerprint density at radius 3 is 2.75 bits per heavy atom. The lowest BCUT2D eigenvalue weighted by Crippen LogP contribution is -2.06. The van der Waals surface area contributed by atoms with Crippen LogP contribution >= 0.6 is 11.8 Å². The van der Waals surface area contributed by atoms with E-state index in [9.17, 15) is 5.11 Å². The lowest BCUT2D eigenvalue weighted by molar-refractivity contribution is 0.270. The summed E-state index contributed by atoms with van der Waals surface area (Å²) in [5.74, 6) is 1.64. The molecule has 124 valence electrons. The summed E-state index contributed by atoms with van der Waals surface area (Å²) >= 11 is 1.64. The number of methoxy groups -OCH3 is 1. The van der Waals surface area contributed by atoms with E-state index in [1.165, 1.54) is 5.56 Å². The Kier molecular flexibility index (Phi) is 5.51. The van der Waals surface area contributed by atoms with Crippen LogP contribution in [-0.2, 0) is 18.9 Å². The van der Waals surface area contributed by atoms with Gasteiger partial charge in [-0.3, -0.25) is 4.98 Å². The zero-order valence-corrected chi connectivity index (χ0v) is 14.2. The number of aromatic nitrogens is 3. The van der Waals surface area contributed by atoms with Gasteiger partial charge in [0.05, 0.1) is 32.2 Å². The van der Waals surface area contributed by atoms with Gasteiger partial charge < -0.3 is 14.4 Å². The van der Waals surface area contributed by atoms with Gasteiger partial charge in [0.1, 0.15) is 5.75 Å². The summed E-state index contributed by atoms with van der Waals surface area (Å²) in [6.07, 6.45) is 5.27. The first-order chi connectivity index (χ1) is 11.8. The summed E-state index contributed by atoms with van der Waals surface area (Å²) in [6, 6.07) is 11.9. The van der Waals surface area contributed by atoms with Crippen LogP contribution in [0.15, 0.2) is 60.1 Å². The van der Waals surface area contributed by atoms with E-state index in [1.807, 2.05) is 34.9 Å². The zero-order chi connectivity index (χ0) is 16.8. The Hall–Kier alpha value is -2.31. The summed E-state index contributed by atoms with van der Waals surface area (Å²) in [4.78, 5) is 8.50. The third kappa shape index (κ3) is 3.96. The second-order valence-electron chi connectivity index (χ2n) is 5.27. The van der Waals surface area contributed by atoms with Gasteiger partial charge in [-0.25, -0.2) is 4.98 Å². The number of hydrogen-bond acceptors (Lipinski definition) is 5. The van der Waals surface area contributed by atoms with E-state index in [-0.39, 0.29) is 6.61 Å². The first kappa shape index (κ1) is 16.5. The lowest BCUT2D eigenvalue weighted by Gasteiger charge is -2.11. The molecule has 3 rings (SSSR count). The van der Waals surface area contributed by atoms with E-state index >= 15 is 0 Å². The van der Waals surface area contributed by atoms with Crippen LogP contribution in [-0.4, -0.2) is 26.8 Å². The van der Waals surface area contributed by atoms with Crippen molar-refractivity contribution in [3.05, 3.63) is 71.8 Å². The van der Waals surface area contributed by atoms with Gasteiger partial charge in [-0.15, -0.1) is 0 Å². The van der Waals surface area contributed by atoms with Gasteiger partial charge in [-0.05, 0) is 35.4 Å². The zero-order valence-electron chi connectivity index (χ0n) is 13.4. The number of imidazole rings is 1. The summed E-state index contributed by atoms with van der Waals surface area (Å²) in [6.45, 7) is 0.636. The monoisotopic (exact) mass is 341 g/mol. The van der Waals surface area contributed by atoms with Crippen molar-refractivity contribution in [3.8, 4) is 5.75 Å². The molecule has 0 amide bonds. The van der Waals surface area contributed by atoms with Gasteiger partial charge in [0.2, 0.25) is 0 Å². The van der Waals surface area contributed by atoms with Gasteiger partial charge in [0.25, 0.3) is 0 Å². The molecule has 2 heterocycles. The molecule has 0 spiro atoms. The number of thioether (sulfide) groups is 1. The van der Waals surface area contributed by atoms with Crippen LogP contribution in [0.5, 0.6) is 5.75 Å². The van der Waals surface area contributed by atoms with E-state index in [2.05, 4.69) is 16.0 Å². The number of benzene rings is 1. The summed E-state index contributed by atoms with van der Waals surface area (Å²) in [5, 5.41) is 10.5. The summed E-state index contributed by atoms with van der Waals surface area (Å²) in [5.41, 5.74) is 3.10. The van der Waals surface area contributed by atoms with Crippen molar-refractivity contribution in [1.82, 2.24) is 14.5 Å². The van der Waals surface area contributed by atoms with Crippen molar-refractivity contribution in [2.45, 2.75) is 24.1 Å². The third-order valence-electron chi connectivity index (χ3n) is 3.66. The van der Waals surface area contributed by atoms with E-state index < -0.39 is 0 Å². The first-order valence-corrected chi connectivity index (χ1v) is 8.58. The number of ether oxygens (including phenoxy) is 1. The highest BCUT2D eigenvalue weighted by Gasteiger charge is 2.11. The highest BCUT2D eigenvalue weighted by molar-refractivity contribution is 7.98. The molecule has 1 aromatic carbocycles. The summed E-state index contributed by atoms with van der Waals surface area (Å²) < 4.78 is 7.30. The summed E-state index contributed by atoms with van der Waals surface area (Å²) in [7, 11) is 1.67. The van der Waals surface area contributed by atoms with E-state index in [0.717, 1.165) is 27.9 Å². The molecule has 0 atom stereocenters. The van der Waals surface area contributed by atoms with Gasteiger partial charge >= 0.3 is 0 Å². The van der Waals surface area contributed by atoms with Crippen molar-refractivity contribution in [3.63, 3.8) is 0 Å². The predicted octanol–water partition coefficient (Wildman–Crippen LogP) is 3.12. The van der Waals surface area contributed by atoms with Crippen LogP contribution in [0.1, 0.15) is 16.8 Å². The van der Waals surface area contributed by atoms with Gasteiger partial charge in [0.15, 0.2) is 5.16 Å². The minimum Gasteiger partial charge on any atom is -0.497 e. The molecule has 0 radical (unpaired) electrons. The fraction of sp³-hybridized carbons (Fsp3) is 0.222. The maximum atomic E-state index is 9.56. The first-order valence-electron chi connectivity index (χ1n) is 7.60. The molecular formula is C18H19N3O2S. The quantitative estimate of drug-likeness (QED) is 0.669. The van der Waals surface area contributed by atoms with Crippen molar-refractivity contribution >= 4 is 11.8 Å². The molecule has 0 aliphatic carbocycles. The lowest BCUT2D eigenvalue weighted by atomic mass is 10.2. The minimum atomic E-state index is -0.0300. The van der Waals surface area contributed by atoms with E-state index in [0.29, 0.717) is 6.54 Å². The second kappa shape index (κ2) is 7.99. The van der Waals surface area contributed by atoms with Gasteiger partial charge in [-0.2, -0.15) is 0 Å². The van der Waals surface area contributed by atoms with E-state index in [4.69, 9.17) is 4.74 Å². The molecule has 0 fully saturated rings. The molecule has 1 N–H and O–H groups in total. The standard InChI is InChI=1S/C18H19N3O2S/c1-23-17-4-2-3-15(9-17)13-24-18-20-10-16(12-22)21(18)11-14-5-7-19-8-6-14/h2-10,22H,11-13H2,1H3. The maximum absolute atomic E-state index is 9.56. The van der Waals surface area contributed by atoms with Crippen molar-refractivity contribution in [1.29, 1.82) is 0 Å². The predicted molar refractivity (Wildman–Crippen MR) is 94.0 cm³/mol. The van der Waals surface area contributed by atoms with Crippen LogP contribution in [0.4, 0.5) is 0 Å². The Bertz CT molecular complexity index is 790. The molecule has 0 bridgehead atoms. The highest BCUT2D eigenvalue weighted by atomic mass is 32.2. The van der Waals surface area contributed by atoms with Crippen LogP contribution in [0.2, 0.25) is 0 Å². The average Bonchev–Trinajstić information content (AvgIpc) is 3.02. The smallest absolute Gasteiger partial charge is 0.168 e. The van der Waals surface area contributed by atoms with Crippen LogP contribution in [0.3, 0.4) is 0 Å². The average molecular weight is 341 g/mol. The molecular weight excluding hydrogens is 322 g/mol. The van der Waals surface area contributed by atoms with Crippen LogP contribution < -0.4 is 4.74 Å². The molecule has 3 aromatic rings. The second-order valence-corrected chi connectivity index (χ2v) is 6.21. The number of pyridine rings is 1. The number of nitrogens with zero attached hydrogens (tertiary/aromatic N) is 3. The minimum absolute atomic E-state index is 0.0300. The number of aliphatic hydroxyl groups is 1. The van der Waals surface area contributed by atoms with Crippen LogP contribution in [0.25, 0.3) is 0 Å². The fourth-order valence-corrected chi connectivity index (χ4v) is 3.32. The maximum Gasteiger partial charge on any atom is 0.168 e. The number of hydrogen-bond donors (Lipinski definition) is 1. The van der Waals surface area contributed by atoms with Crippen molar-refractivity contribution < 1.29 is 9.84 Å². The highest BCUT2D eigenvalue weighted by Crippen LogP contribution is 2.25. The Balaban J connectivity index is 1.76. The molecule has 2 aromatic heterocycles. The number of rotatable bonds is 7. The molecule has 0 saturated heterocycles. The molecule has 0 unspecified atom stereocenters. The normalized spacial score (nSPS) is 10.8. The molecule has 6 heteroatoms. The van der Waals surface area contributed by atoms with Gasteiger partial charge in [-0.1, -0.05) is 23.9 Å². The molecule has 0 aliphatic heterocycles. The Morgan fingerprint density at radius 2 is 2.00 bits per heavy atom. The third-order valence-corrected chi connectivity index (χ3v) is 4.72. The largest absolute Gasteiger partial charge is 0.497 e. The fourth-order valence-electron chi connectivity index (χ4n) is 2.38. The van der Waals surface area contributed by atoms with Crippen molar-refractivity contribution in [2.75, 3.05) is 7.11 Å². The molecule has 5 nitrogen and oxygen atoms in total. The Morgan fingerprint density at radius 1 is 1.17 bits per heavy atom. The van der Waals surface area contributed by atoms with Crippen molar-refractivity contribution in [2.24, 2.45) is 0 Å². The number of aliphatic hydroxyl groups excluding tert-OH is 1. The molecule has 24 heavy (non-hydrogen) atoms. The topological polar surface area (TPSA) is 60.2 Å². The SMILES string of the molecule is COc1cccc(CSc2ncc(CO)n2Cc2ccncc2)c1. The van der Waals surface area contributed by atoms with E-state index in [1.54, 1.807) is 37.5 Å². The molecule has 0 saturated carbocycles. The van der Waals surface area contributed by atoms with Gasteiger partial charge in [0, 0.05) is 18.1 Å². The Labute approximate surface area is 145 Å².